The normalized spacial score (nSPS) is 15.9. The molecular weight excluding hydrogens is 317 g/mol. The van der Waals surface area contributed by atoms with Crippen LogP contribution in [0.15, 0.2) is 6.20 Å². The van der Waals surface area contributed by atoms with Gasteiger partial charge in [-0.05, 0) is 46.7 Å². The summed E-state index contributed by atoms with van der Waals surface area (Å²) >= 11 is 1.65. The molecule has 1 aromatic rings. The topological polar surface area (TPSA) is 54.0 Å². The van der Waals surface area contributed by atoms with Crippen LogP contribution < -0.4 is 10.6 Å². The summed E-state index contributed by atoms with van der Waals surface area (Å²) < 4.78 is 0. The summed E-state index contributed by atoms with van der Waals surface area (Å²) in [5.41, 5.74) is -0.374. The van der Waals surface area contributed by atoms with E-state index in [-0.39, 0.29) is 42.2 Å². The summed E-state index contributed by atoms with van der Waals surface area (Å²) in [7, 11) is 0. The summed E-state index contributed by atoms with van der Waals surface area (Å²) in [6.07, 6.45) is 3.72. The molecular formula is C13H23Cl2N3OS. The predicted molar refractivity (Wildman–Crippen MR) is 88.1 cm³/mol. The van der Waals surface area contributed by atoms with Gasteiger partial charge in [-0.1, -0.05) is 0 Å². The standard InChI is InChI=1S/C13H21N3OS.2ClH/c1-9-8-15-12(18-9)13(2,3)16-11(17)10-4-6-14-7-5-10;;/h8,10,14H,4-7H2,1-3H3,(H,16,17);2*1H. The van der Waals surface area contributed by atoms with Crippen LogP contribution in [0, 0.1) is 12.8 Å². The molecule has 1 aliphatic heterocycles. The van der Waals surface area contributed by atoms with Gasteiger partial charge >= 0.3 is 0 Å². The summed E-state index contributed by atoms with van der Waals surface area (Å²) in [6, 6.07) is 0. The quantitative estimate of drug-likeness (QED) is 0.889. The molecule has 1 fully saturated rings. The highest BCUT2D eigenvalue weighted by atomic mass is 35.5. The van der Waals surface area contributed by atoms with E-state index in [4.69, 9.17) is 0 Å². The number of rotatable bonds is 3. The van der Waals surface area contributed by atoms with Gasteiger partial charge in [0.25, 0.3) is 0 Å². The first-order valence-corrected chi connectivity index (χ1v) is 7.26. The summed E-state index contributed by atoms with van der Waals surface area (Å²) in [6.45, 7) is 7.95. The van der Waals surface area contributed by atoms with E-state index in [0.717, 1.165) is 30.9 Å². The average Bonchev–Trinajstić information content (AvgIpc) is 2.77. The van der Waals surface area contributed by atoms with Crippen molar-refractivity contribution in [3.8, 4) is 0 Å². The molecule has 1 aliphatic rings. The first kappa shape index (κ1) is 19.6. The van der Waals surface area contributed by atoms with E-state index in [1.807, 2.05) is 27.0 Å². The van der Waals surface area contributed by atoms with Crippen LogP contribution in [0.3, 0.4) is 0 Å². The van der Waals surface area contributed by atoms with Gasteiger partial charge < -0.3 is 10.6 Å². The molecule has 116 valence electrons. The Balaban J connectivity index is 0.00000180. The van der Waals surface area contributed by atoms with Crippen LogP contribution in [0.4, 0.5) is 0 Å². The maximum Gasteiger partial charge on any atom is 0.223 e. The zero-order chi connectivity index (χ0) is 13.2. The highest BCUT2D eigenvalue weighted by Gasteiger charge is 2.30. The number of carbonyl (C=O) groups excluding carboxylic acids is 1. The Bertz CT molecular complexity index is 431. The number of nitrogens with one attached hydrogen (secondary N) is 2. The first-order chi connectivity index (χ1) is 8.49. The maximum atomic E-state index is 12.2. The highest BCUT2D eigenvalue weighted by molar-refractivity contribution is 7.11. The number of thiazole rings is 1. The van der Waals surface area contributed by atoms with Crippen molar-refractivity contribution in [1.29, 1.82) is 0 Å². The van der Waals surface area contributed by atoms with Crippen LogP contribution in [-0.4, -0.2) is 24.0 Å². The van der Waals surface area contributed by atoms with Crippen molar-refractivity contribution < 1.29 is 4.79 Å². The summed E-state index contributed by atoms with van der Waals surface area (Å²) in [5, 5.41) is 7.39. The number of amides is 1. The fourth-order valence-electron chi connectivity index (χ4n) is 2.19. The van der Waals surface area contributed by atoms with Crippen LogP contribution in [-0.2, 0) is 10.3 Å². The van der Waals surface area contributed by atoms with Gasteiger partial charge in [0.1, 0.15) is 5.01 Å². The maximum absolute atomic E-state index is 12.2. The van der Waals surface area contributed by atoms with E-state index in [9.17, 15) is 4.79 Å². The molecule has 2 N–H and O–H groups in total. The van der Waals surface area contributed by atoms with Gasteiger partial charge in [-0.25, -0.2) is 4.98 Å². The lowest BCUT2D eigenvalue weighted by Crippen LogP contribution is -2.46. The molecule has 0 unspecified atom stereocenters. The third-order valence-corrected chi connectivity index (χ3v) is 4.54. The Morgan fingerprint density at radius 1 is 1.40 bits per heavy atom. The number of piperidine rings is 1. The van der Waals surface area contributed by atoms with E-state index in [1.54, 1.807) is 11.3 Å². The monoisotopic (exact) mass is 339 g/mol. The van der Waals surface area contributed by atoms with Crippen molar-refractivity contribution >= 4 is 42.1 Å². The Morgan fingerprint density at radius 3 is 2.50 bits per heavy atom. The molecule has 1 aromatic heterocycles. The Labute approximate surface area is 137 Å². The van der Waals surface area contributed by atoms with E-state index >= 15 is 0 Å². The number of carbonyl (C=O) groups is 1. The van der Waals surface area contributed by atoms with Crippen LogP contribution in [0.5, 0.6) is 0 Å². The Hall–Kier alpha value is -0.360. The van der Waals surface area contributed by atoms with Crippen molar-refractivity contribution in [1.82, 2.24) is 15.6 Å². The molecule has 0 aliphatic carbocycles. The molecule has 7 heteroatoms. The van der Waals surface area contributed by atoms with Gasteiger partial charge in [0.15, 0.2) is 0 Å². The molecule has 2 rings (SSSR count). The van der Waals surface area contributed by atoms with Crippen molar-refractivity contribution in [2.75, 3.05) is 13.1 Å². The minimum absolute atomic E-state index is 0. The number of aromatic nitrogens is 1. The fraction of sp³-hybridized carbons (Fsp3) is 0.692. The molecule has 0 saturated carbocycles. The zero-order valence-corrected chi connectivity index (χ0v) is 14.5. The fourth-order valence-corrected chi connectivity index (χ4v) is 3.01. The van der Waals surface area contributed by atoms with Crippen molar-refractivity contribution in [2.45, 2.75) is 39.2 Å². The average molecular weight is 340 g/mol. The SMILES string of the molecule is Cc1cnc(C(C)(C)NC(=O)C2CCNCC2)s1.Cl.Cl. The minimum atomic E-state index is -0.374. The van der Waals surface area contributed by atoms with Gasteiger partial charge in [-0.15, -0.1) is 36.2 Å². The number of halogens is 2. The molecule has 4 nitrogen and oxygen atoms in total. The lowest BCUT2D eigenvalue weighted by atomic mass is 9.95. The zero-order valence-electron chi connectivity index (χ0n) is 12.1. The molecule has 0 bridgehead atoms. The number of hydrogen-bond donors (Lipinski definition) is 2. The number of nitrogens with zero attached hydrogens (tertiary/aromatic N) is 1. The van der Waals surface area contributed by atoms with E-state index in [2.05, 4.69) is 15.6 Å². The van der Waals surface area contributed by atoms with Gasteiger partial charge in [-0.3, -0.25) is 4.79 Å². The first-order valence-electron chi connectivity index (χ1n) is 6.45. The van der Waals surface area contributed by atoms with Gasteiger partial charge in [0.05, 0.1) is 5.54 Å². The molecule has 1 amide bonds. The van der Waals surface area contributed by atoms with Crippen LogP contribution in [0.2, 0.25) is 0 Å². The van der Waals surface area contributed by atoms with Gasteiger partial charge in [-0.2, -0.15) is 0 Å². The van der Waals surface area contributed by atoms with Gasteiger partial charge in [0, 0.05) is 17.0 Å². The summed E-state index contributed by atoms with van der Waals surface area (Å²) in [5.74, 6) is 0.306. The van der Waals surface area contributed by atoms with Crippen molar-refractivity contribution in [3.05, 3.63) is 16.1 Å². The minimum Gasteiger partial charge on any atom is -0.344 e. The molecule has 0 atom stereocenters. The molecule has 0 radical (unpaired) electrons. The predicted octanol–water partition coefficient (Wildman–Crippen LogP) is 2.65. The molecule has 0 aromatic carbocycles. The number of hydrogen-bond acceptors (Lipinski definition) is 4. The van der Waals surface area contributed by atoms with Crippen molar-refractivity contribution in [3.63, 3.8) is 0 Å². The molecule has 2 heterocycles. The third kappa shape index (κ3) is 4.88. The third-order valence-electron chi connectivity index (χ3n) is 3.30. The largest absolute Gasteiger partial charge is 0.344 e. The Morgan fingerprint density at radius 2 is 2.00 bits per heavy atom. The van der Waals surface area contributed by atoms with E-state index in [0.29, 0.717) is 0 Å². The lowest BCUT2D eigenvalue weighted by Gasteiger charge is -2.28. The second kappa shape index (κ2) is 8.17. The Kier molecular flexibility index (Phi) is 8.03. The van der Waals surface area contributed by atoms with Crippen molar-refractivity contribution in [2.24, 2.45) is 5.92 Å². The number of aryl methyl sites for hydroxylation is 1. The van der Waals surface area contributed by atoms with Crippen LogP contribution >= 0.6 is 36.2 Å². The van der Waals surface area contributed by atoms with Crippen LogP contribution in [0.1, 0.15) is 36.6 Å². The highest BCUT2D eigenvalue weighted by Crippen LogP contribution is 2.25. The lowest BCUT2D eigenvalue weighted by molar-refractivity contribution is -0.127. The smallest absolute Gasteiger partial charge is 0.223 e. The molecule has 20 heavy (non-hydrogen) atoms. The molecule has 1 saturated heterocycles. The molecule has 0 spiro atoms. The second-order valence-electron chi connectivity index (χ2n) is 5.41. The van der Waals surface area contributed by atoms with Crippen LogP contribution in [0.25, 0.3) is 0 Å². The second-order valence-corrected chi connectivity index (χ2v) is 6.65. The van der Waals surface area contributed by atoms with Gasteiger partial charge in [0.2, 0.25) is 5.91 Å². The van der Waals surface area contributed by atoms with E-state index in [1.165, 1.54) is 4.88 Å². The van der Waals surface area contributed by atoms with E-state index < -0.39 is 0 Å². The summed E-state index contributed by atoms with van der Waals surface area (Å²) in [4.78, 5) is 17.8.